The lowest BCUT2D eigenvalue weighted by Gasteiger charge is -2.33. The van der Waals surface area contributed by atoms with E-state index in [2.05, 4.69) is 4.90 Å². The number of nitrogens with two attached hydrogens (primary N) is 1. The Hall–Kier alpha value is -1.10. The van der Waals surface area contributed by atoms with Gasteiger partial charge in [0.2, 0.25) is 0 Å². The highest BCUT2D eigenvalue weighted by atomic mass is 35.5. The van der Waals surface area contributed by atoms with Crippen LogP contribution in [0.5, 0.6) is 0 Å². The molecule has 0 spiro atoms. The highest BCUT2D eigenvalue weighted by Crippen LogP contribution is 2.42. The zero-order chi connectivity index (χ0) is 15.9. The number of nitrogen functional groups attached to an aromatic ring is 1. The van der Waals surface area contributed by atoms with Gasteiger partial charge >= 0.3 is 6.18 Å². The zero-order valence-electron chi connectivity index (χ0n) is 12.3. The number of halogens is 4. The van der Waals surface area contributed by atoms with Gasteiger partial charge < -0.3 is 10.6 Å². The van der Waals surface area contributed by atoms with E-state index in [9.17, 15) is 13.2 Å². The minimum atomic E-state index is -4.04. The molecule has 1 aliphatic heterocycles. The summed E-state index contributed by atoms with van der Waals surface area (Å²) in [5.74, 6) is -0.795. The van der Waals surface area contributed by atoms with E-state index >= 15 is 0 Å². The molecule has 0 aromatic heterocycles. The second-order valence-electron chi connectivity index (χ2n) is 6.47. The fourth-order valence-corrected chi connectivity index (χ4v) is 4.12. The van der Waals surface area contributed by atoms with Gasteiger partial charge in [-0.15, -0.1) is 0 Å². The van der Waals surface area contributed by atoms with E-state index in [0.29, 0.717) is 29.5 Å². The Kier molecular flexibility index (Phi) is 4.19. The van der Waals surface area contributed by atoms with Crippen molar-refractivity contribution in [3.8, 4) is 0 Å². The highest BCUT2D eigenvalue weighted by Gasteiger charge is 2.41. The quantitative estimate of drug-likeness (QED) is 0.798. The van der Waals surface area contributed by atoms with Crippen molar-refractivity contribution in [1.29, 1.82) is 0 Å². The van der Waals surface area contributed by atoms with Crippen LogP contribution in [0, 0.1) is 11.8 Å². The predicted octanol–water partition coefficient (Wildman–Crippen LogP) is 4.65. The van der Waals surface area contributed by atoms with Crippen molar-refractivity contribution in [3.05, 3.63) is 22.7 Å². The number of alkyl halides is 3. The van der Waals surface area contributed by atoms with Gasteiger partial charge in [0.05, 0.1) is 16.6 Å². The Morgan fingerprint density at radius 2 is 1.86 bits per heavy atom. The van der Waals surface area contributed by atoms with Crippen molar-refractivity contribution in [1.82, 2.24) is 0 Å². The fraction of sp³-hybridized carbons (Fsp3) is 0.625. The first kappa shape index (κ1) is 15.8. The maximum Gasteiger partial charge on any atom is 0.391 e. The van der Waals surface area contributed by atoms with Gasteiger partial charge in [0.1, 0.15) is 0 Å². The second-order valence-corrected chi connectivity index (χ2v) is 6.87. The normalized spacial score (nSPS) is 25.4. The maximum atomic E-state index is 12.7. The smallest absolute Gasteiger partial charge is 0.391 e. The van der Waals surface area contributed by atoms with E-state index < -0.39 is 12.1 Å². The van der Waals surface area contributed by atoms with Gasteiger partial charge in [0.25, 0.3) is 0 Å². The van der Waals surface area contributed by atoms with Crippen LogP contribution in [0.1, 0.15) is 31.2 Å². The van der Waals surface area contributed by atoms with Gasteiger partial charge in [0.15, 0.2) is 0 Å². The number of anilines is 2. The fourth-order valence-electron chi connectivity index (χ4n) is 3.76. The molecule has 0 bridgehead atoms. The second kappa shape index (κ2) is 5.84. The van der Waals surface area contributed by atoms with Crippen LogP contribution in [-0.4, -0.2) is 19.3 Å². The van der Waals surface area contributed by atoms with Crippen LogP contribution in [0.15, 0.2) is 12.1 Å². The lowest BCUT2D eigenvalue weighted by atomic mass is 9.81. The molecule has 2 aliphatic rings. The van der Waals surface area contributed by atoms with Crippen molar-refractivity contribution < 1.29 is 13.2 Å². The highest BCUT2D eigenvalue weighted by molar-refractivity contribution is 6.33. The summed E-state index contributed by atoms with van der Waals surface area (Å²) in [6.07, 6.45) is -1.34. The molecule has 1 aromatic rings. The minimum absolute atomic E-state index is 0.254. The van der Waals surface area contributed by atoms with Crippen molar-refractivity contribution >= 4 is 23.0 Å². The maximum absolute atomic E-state index is 12.7. The minimum Gasteiger partial charge on any atom is -0.399 e. The first-order chi connectivity index (χ1) is 10.3. The molecule has 1 saturated carbocycles. The van der Waals surface area contributed by atoms with Gasteiger partial charge in [-0.05, 0) is 55.7 Å². The third-order valence-electron chi connectivity index (χ3n) is 4.92. The molecular formula is C16H20ClF3N2. The Balaban J connectivity index is 1.63. The van der Waals surface area contributed by atoms with Crippen molar-refractivity contribution in [2.45, 2.75) is 38.3 Å². The molecule has 0 saturated heterocycles. The van der Waals surface area contributed by atoms with Gasteiger partial charge in [-0.1, -0.05) is 11.6 Å². The van der Waals surface area contributed by atoms with Gasteiger partial charge in [-0.25, -0.2) is 0 Å². The monoisotopic (exact) mass is 332 g/mol. The van der Waals surface area contributed by atoms with Crippen LogP contribution in [0.4, 0.5) is 24.5 Å². The first-order valence-electron chi connectivity index (χ1n) is 7.74. The SMILES string of the molecule is Nc1cc(Cl)c2c(c1)CCN2C[C@H]1CC[C@H](C(F)(F)F)CC1. The van der Waals surface area contributed by atoms with E-state index in [1.54, 1.807) is 6.07 Å². The molecule has 1 aromatic carbocycles. The molecule has 0 radical (unpaired) electrons. The molecule has 22 heavy (non-hydrogen) atoms. The van der Waals surface area contributed by atoms with Crippen molar-refractivity contribution in [2.75, 3.05) is 23.7 Å². The lowest BCUT2D eigenvalue weighted by molar-refractivity contribution is -0.183. The molecule has 6 heteroatoms. The number of nitrogens with zero attached hydrogens (tertiary/aromatic N) is 1. The van der Waals surface area contributed by atoms with Crippen LogP contribution in [0.2, 0.25) is 5.02 Å². The van der Waals surface area contributed by atoms with Crippen molar-refractivity contribution in [2.24, 2.45) is 11.8 Å². The Morgan fingerprint density at radius 3 is 2.50 bits per heavy atom. The predicted molar refractivity (Wildman–Crippen MR) is 83.3 cm³/mol. The molecule has 1 heterocycles. The standard InChI is InChI=1S/C16H20ClF3N2/c17-14-8-13(21)7-11-5-6-22(15(11)14)9-10-1-3-12(4-2-10)16(18,19)20/h7-8,10,12H,1-6,9,21H2/t10-,12-. The molecule has 1 fully saturated rings. The van der Waals surface area contributed by atoms with Gasteiger partial charge in [0, 0.05) is 18.8 Å². The lowest BCUT2D eigenvalue weighted by Crippen LogP contribution is -2.33. The van der Waals surface area contributed by atoms with E-state index in [1.165, 1.54) is 0 Å². The summed E-state index contributed by atoms with van der Waals surface area (Å²) >= 11 is 6.30. The van der Waals surface area contributed by atoms with Gasteiger partial charge in [-0.2, -0.15) is 13.2 Å². The molecule has 0 unspecified atom stereocenters. The van der Waals surface area contributed by atoms with Crippen molar-refractivity contribution in [3.63, 3.8) is 0 Å². The van der Waals surface area contributed by atoms with E-state index in [1.807, 2.05) is 6.07 Å². The number of fused-ring (bicyclic) bond motifs is 1. The summed E-state index contributed by atoms with van der Waals surface area (Å²) in [5, 5.41) is 0.650. The van der Waals surface area contributed by atoms with Crippen LogP contribution >= 0.6 is 11.6 Å². The first-order valence-corrected chi connectivity index (χ1v) is 8.12. The zero-order valence-corrected chi connectivity index (χ0v) is 13.1. The summed E-state index contributed by atoms with van der Waals surface area (Å²) in [7, 11) is 0. The summed E-state index contributed by atoms with van der Waals surface area (Å²) in [6.45, 7) is 1.67. The average Bonchev–Trinajstić information content (AvgIpc) is 2.81. The molecule has 3 rings (SSSR count). The van der Waals surface area contributed by atoms with Crippen LogP contribution in [-0.2, 0) is 6.42 Å². The van der Waals surface area contributed by atoms with E-state index in [0.717, 1.165) is 30.8 Å². The molecule has 2 N–H and O–H groups in total. The summed E-state index contributed by atoms with van der Waals surface area (Å²) in [6, 6.07) is 3.70. The topological polar surface area (TPSA) is 29.3 Å². The molecule has 1 aliphatic carbocycles. The third kappa shape index (κ3) is 3.14. The third-order valence-corrected chi connectivity index (χ3v) is 5.21. The average molecular weight is 333 g/mol. The molecule has 0 atom stereocenters. The summed E-state index contributed by atoms with van der Waals surface area (Å²) in [4.78, 5) is 2.22. The number of hydrogen-bond donors (Lipinski definition) is 1. The molecule has 0 amide bonds. The number of hydrogen-bond acceptors (Lipinski definition) is 2. The molecule has 2 nitrogen and oxygen atoms in total. The Morgan fingerprint density at radius 1 is 1.18 bits per heavy atom. The van der Waals surface area contributed by atoms with Gasteiger partial charge in [-0.3, -0.25) is 0 Å². The Labute approximate surface area is 133 Å². The Bertz CT molecular complexity index is 551. The summed E-state index contributed by atoms with van der Waals surface area (Å²) < 4.78 is 38.2. The summed E-state index contributed by atoms with van der Waals surface area (Å²) in [5.41, 5.74) is 8.64. The number of benzene rings is 1. The van der Waals surface area contributed by atoms with E-state index in [-0.39, 0.29) is 12.8 Å². The van der Waals surface area contributed by atoms with Crippen LogP contribution in [0.25, 0.3) is 0 Å². The van der Waals surface area contributed by atoms with Crippen LogP contribution in [0.3, 0.4) is 0 Å². The number of rotatable bonds is 2. The molecular weight excluding hydrogens is 313 g/mol. The van der Waals surface area contributed by atoms with Crippen LogP contribution < -0.4 is 10.6 Å². The van der Waals surface area contributed by atoms with E-state index in [4.69, 9.17) is 17.3 Å². The molecule has 122 valence electrons. The largest absolute Gasteiger partial charge is 0.399 e.